The number of hydroxylamine groups is 2. The van der Waals surface area contributed by atoms with Crippen LogP contribution in [0.4, 0.5) is 0 Å². The lowest BCUT2D eigenvalue weighted by Crippen LogP contribution is -2.44. The molecular formula is C49H77N3O12. The second-order valence-electron chi connectivity index (χ2n) is 19.7. The molecule has 4 amide bonds. The number of nitrogens with one attached hydrogen (secondary N) is 1. The zero-order chi connectivity index (χ0) is 47.9. The standard InChI is InChI=1S/C49H77N3O12/c1-47(2,3)61-42(56)25-21-19-17-15-13-11-10-12-14-16-18-20-24-39(53)51(34-33-43(57)62-48(4,5)6)35-36-27-29-37(30-28-36)45(59)50-38(46(60)63-49(7,8)9)23-22-26-44(58)64-52-40(54)31-32-41(52)55/h27-30,38H,10-26,31-35H2,1-9H3,(H,50,59)/t38-/m0/s1. The molecule has 360 valence electrons. The number of amides is 4. The quantitative estimate of drug-likeness (QED) is 0.0365. The molecule has 64 heavy (non-hydrogen) atoms. The van der Waals surface area contributed by atoms with Crippen molar-refractivity contribution < 1.29 is 57.4 Å². The molecule has 1 atom stereocenters. The number of nitrogens with zero attached hydrogens (tertiary/aromatic N) is 2. The Hall–Kier alpha value is -4.82. The number of benzene rings is 1. The molecule has 1 aromatic carbocycles. The molecule has 1 N–H and O–H groups in total. The van der Waals surface area contributed by atoms with E-state index < -0.39 is 58.5 Å². The van der Waals surface area contributed by atoms with Crippen LogP contribution in [0.1, 0.15) is 207 Å². The van der Waals surface area contributed by atoms with Gasteiger partial charge in [0.05, 0.1) is 6.42 Å². The molecule has 1 aliphatic rings. The van der Waals surface area contributed by atoms with E-state index in [4.69, 9.17) is 19.0 Å². The Kier molecular flexibility index (Phi) is 23.8. The Morgan fingerprint density at radius 3 is 1.50 bits per heavy atom. The first-order chi connectivity index (χ1) is 29.9. The first-order valence-corrected chi connectivity index (χ1v) is 23.3. The zero-order valence-electron chi connectivity index (χ0n) is 40.2. The molecular weight excluding hydrogens is 823 g/mol. The van der Waals surface area contributed by atoms with Crippen molar-refractivity contribution in [3.63, 3.8) is 0 Å². The lowest BCUT2D eigenvalue weighted by molar-refractivity contribution is -0.197. The monoisotopic (exact) mass is 900 g/mol. The molecule has 0 spiro atoms. The van der Waals surface area contributed by atoms with Gasteiger partial charge in [0.1, 0.15) is 22.8 Å². The van der Waals surface area contributed by atoms with Gasteiger partial charge < -0.3 is 29.3 Å². The Balaban J connectivity index is 1.88. The van der Waals surface area contributed by atoms with Gasteiger partial charge in [0.15, 0.2) is 0 Å². The summed E-state index contributed by atoms with van der Waals surface area (Å²) in [6.45, 7) is 16.5. The summed E-state index contributed by atoms with van der Waals surface area (Å²) >= 11 is 0. The molecule has 1 aliphatic heterocycles. The van der Waals surface area contributed by atoms with Crippen molar-refractivity contribution in [3.05, 3.63) is 35.4 Å². The van der Waals surface area contributed by atoms with Crippen LogP contribution >= 0.6 is 0 Å². The lowest BCUT2D eigenvalue weighted by Gasteiger charge is -2.25. The number of carbonyl (C=O) groups is 8. The van der Waals surface area contributed by atoms with E-state index in [1.807, 2.05) is 20.8 Å². The van der Waals surface area contributed by atoms with E-state index in [2.05, 4.69) is 5.32 Å². The minimum absolute atomic E-state index is 0.0202. The summed E-state index contributed by atoms with van der Waals surface area (Å²) in [5.74, 6) is -3.85. The third kappa shape index (κ3) is 24.9. The first-order valence-electron chi connectivity index (χ1n) is 23.3. The van der Waals surface area contributed by atoms with E-state index >= 15 is 0 Å². The smallest absolute Gasteiger partial charge is 0.333 e. The maximum Gasteiger partial charge on any atom is 0.333 e. The molecule has 0 aliphatic carbocycles. The van der Waals surface area contributed by atoms with Gasteiger partial charge in [-0.1, -0.05) is 76.3 Å². The van der Waals surface area contributed by atoms with Gasteiger partial charge in [-0.25, -0.2) is 9.59 Å². The van der Waals surface area contributed by atoms with Crippen molar-refractivity contribution in [1.82, 2.24) is 15.3 Å². The van der Waals surface area contributed by atoms with Gasteiger partial charge in [0.25, 0.3) is 17.7 Å². The fraction of sp³-hybridized carbons (Fsp3) is 0.714. The second-order valence-corrected chi connectivity index (χ2v) is 19.7. The van der Waals surface area contributed by atoms with Crippen molar-refractivity contribution in [1.29, 1.82) is 0 Å². The summed E-state index contributed by atoms with van der Waals surface area (Å²) in [6.07, 6.45) is 13.5. The Morgan fingerprint density at radius 2 is 1.02 bits per heavy atom. The van der Waals surface area contributed by atoms with E-state index in [9.17, 15) is 38.4 Å². The summed E-state index contributed by atoms with van der Waals surface area (Å²) in [7, 11) is 0. The van der Waals surface area contributed by atoms with E-state index in [0.717, 1.165) is 56.9 Å². The van der Waals surface area contributed by atoms with Crippen LogP contribution in [0.15, 0.2) is 24.3 Å². The predicted molar refractivity (Wildman–Crippen MR) is 241 cm³/mol. The predicted octanol–water partition coefficient (Wildman–Crippen LogP) is 8.77. The highest BCUT2D eigenvalue weighted by Gasteiger charge is 2.33. The van der Waals surface area contributed by atoms with Crippen LogP contribution in [-0.2, 0) is 59.2 Å². The SMILES string of the molecule is CC(C)(C)OC(=O)CCCCCCCCCCCCCCC(=O)N(CCC(=O)OC(C)(C)C)Cc1ccc(C(=O)N[C@@H](CCCC(=O)ON2C(=O)CCC2=O)C(=O)OC(C)(C)C)cc1. The first kappa shape index (κ1) is 55.3. The molecule has 0 radical (unpaired) electrons. The van der Waals surface area contributed by atoms with Crippen LogP contribution in [0.2, 0.25) is 0 Å². The Labute approximate surface area is 381 Å². The molecule has 0 unspecified atom stereocenters. The van der Waals surface area contributed by atoms with E-state index in [-0.39, 0.29) is 69.1 Å². The average Bonchev–Trinajstić information content (AvgIpc) is 3.49. The van der Waals surface area contributed by atoms with Crippen molar-refractivity contribution in [2.45, 2.75) is 220 Å². The number of rotatable bonds is 28. The molecule has 15 nitrogen and oxygen atoms in total. The second kappa shape index (κ2) is 27.5. The van der Waals surface area contributed by atoms with Crippen LogP contribution < -0.4 is 5.32 Å². The number of imide groups is 1. The molecule has 15 heteroatoms. The Bertz CT molecular complexity index is 1670. The minimum Gasteiger partial charge on any atom is -0.460 e. The van der Waals surface area contributed by atoms with Crippen LogP contribution in [-0.4, -0.2) is 86.9 Å². The van der Waals surface area contributed by atoms with Crippen LogP contribution in [0.25, 0.3) is 0 Å². The van der Waals surface area contributed by atoms with Crippen LogP contribution in [0.5, 0.6) is 0 Å². The summed E-state index contributed by atoms with van der Waals surface area (Å²) in [6, 6.07) is 5.50. The minimum atomic E-state index is -1.11. The van der Waals surface area contributed by atoms with E-state index in [1.165, 1.54) is 25.7 Å². The topological polar surface area (TPSA) is 192 Å². The Morgan fingerprint density at radius 1 is 0.578 bits per heavy atom. The highest BCUT2D eigenvalue weighted by atomic mass is 16.7. The molecule has 0 bridgehead atoms. The maximum absolute atomic E-state index is 13.5. The molecule has 1 heterocycles. The molecule has 1 fully saturated rings. The molecule has 1 aromatic rings. The van der Waals surface area contributed by atoms with Gasteiger partial charge >= 0.3 is 23.9 Å². The van der Waals surface area contributed by atoms with Gasteiger partial charge in [-0.2, -0.15) is 0 Å². The number of esters is 3. The van der Waals surface area contributed by atoms with Crippen molar-refractivity contribution in [3.8, 4) is 0 Å². The van der Waals surface area contributed by atoms with Gasteiger partial charge in [-0.15, -0.1) is 5.06 Å². The maximum atomic E-state index is 13.5. The average molecular weight is 900 g/mol. The van der Waals surface area contributed by atoms with Crippen molar-refractivity contribution in [2.24, 2.45) is 0 Å². The third-order valence-electron chi connectivity index (χ3n) is 9.96. The third-order valence-corrected chi connectivity index (χ3v) is 9.96. The number of hydrogen-bond acceptors (Lipinski definition) is 12. The normalized spacial score (nSPS) is 13.6. The molecule has 1 saturated heterocycles. The molecule has 0 aromatic heterocycles. The van der Waals surface area contributed by atoms with Crippen LogP contribution in [0.3, 0.4) is 0 Å². The molecule has 0 saturated carbocycles. The van der Waals surface area contributed by atoms with Crippen molar-refractivity contribution >= 4 is 47.5 Å². The van der Waals surface area contributed by atoms with Gasteiger partial charge in [0, 0.05) is 50.8 Å². The fourth-order valence-electron chi connectivity index (χ4n) is 6.88. The van der Waals surface area contributed by atoms with Gasteiger partial charge in [0.2, 0.25) is 5.91 Å². The number of unbranched alkanes of at least 4 members (excludes halogenated alkanes) is 11. The largest absolute Gasteiger partial charge is 0.460 e. The highest BCUT2D eigenvalue weighted by Crippen LogP contribution is 2.19. The van der Waals surface area contributed by atoms with E-state index in [1.54, 1.807) is 70.7 Å². The fourth-order valence-corrected chi connectivity index (χ4v) is 6.88. The van der Waals surface area contributed by atoms with Crippen molar-refractivity contribution in [2.75, 3.05) is 6.54 Å². The highest BCUT2D eigenvalue weighted by molar-refractivity contribution is 6.01. The van der Waals surface area contributed by atoms with Gasteiger partial charge in [-0.05, 0) is 106 Å². The number of ether oxygens (including phenoxy) is 3. The number of carbonyl (C=O) groups excluding carboxylic acids is 8. The number of hydrogen-bond donors (Lipinski definition) is 1. The van der Waals surface area contributed by atoms with Gasteiger partial charge in [-0.3, -0.25) is 28.8 Å². The summed E-state index contributed by atoms with van der Waals surface area (Å²) in [5.41, 5.74) is -0.939. The van der Waals surface area contributed by atoms with E-state index in [0.29, 0.717) is 17.9 Å². The molecule has 2 rings (SSSR count). The lowest BCUT2D eigenvalue weighted by atomic mass is 10.0. The summed E-state index contributed by atoms with van der Waals surface area (Å²) in [5, 5.41) is 3.16. The zero-order valence-corrected chi connectivity index (χ0v) is 40.2. The summed E-state index contributed by atoms with van der Waals surface area (Å²) in [4.78, 5) is 107. The van der Waals surface area contributed by atoms with Crippen LogP contribution in [0, 0.1) is 0 Å². The summed E-state index contributed by atoms with van der Waals surface area (Å²) < 4.78 is 16.4.